The molecule has 0 spiro atoms. The molecule has 0 aliphatic heterocycles. The highest BCUT2D eigenvalue weighted by atomic mass is 14.6. The molecule has 0 saturated heterocycles. The molecule has 2 bridgehead atoms. The monoisotopic (exact) mass is 160 g/mol. The highest BCUT2D eigenvalue weighted by molar-refractivity contribution is 5.36. The average molecular weight is 160 g/mol. The highest BCUT2D eigenvalue weighted by Crippen LogP contribution is 2.64. The molecule has 3 saturated carbocycles. The van der Waals surface area contributed by atoms with Crippen LogP contribution in [-0.2, 0) is 0 Å². The summed E-state index contributed by atoms with van der Waals surface area (Å²) in [5.74, 6) is 4.49. The van der Waals surface area contributed by atoms with Gasteiger partial charge in [0.05, 0.1) is 0 Å². The standard InChI is InChI=1S/C12H16/c1-2-9-5-7(1)10-4-3-8-6-11(8)12(9)10/h7-8,10-11H,1-6H2. The van der Waals surface area contributed by atoms with Gasteiger partial charge in [-0.05, 0) is 62.2 Å². The summed E-state index contributed by atoms with van der Waals surface area (Å²) < 4.78 is 0. The van der Waals surface area contributed by atoms with E-state index in [2.05, 4.69) is 0 Å². The van der Waals surface area contributed by atoms with Crippen LogP contribution in [0.1, 0.15) is 38.5 Å². The third-order valence-corrected chi connectivity index (χ3v) is 4.87. The summed E-state index contributed by atoms with van der Waals surface area (Å²) in [6.07, 6.45) is 9.25. The lowest BCUT2D eigenvalue weighted by molar-refractivity contribution is 0.329. The molecule has 0 amide bonds. The second-order valence-electron chi connectivity index (χ2n) is 5.35. The van der Waals surface area contributed by atoms with Crippen molar-refractivity contribution in [2.75, 3.05) is 0 Å². The van der Waals surface area contributed by atoms with Crippen molar-refractivity contribution in [1.82, 2.24) is 0 Å². The van der Waals surface area contributed by atoms with Gasteiger partial charge < -0.3 is 0 Å². The number of allylic oxidation sites excluding steroid dienone is 2. The topological polar surface area (TPSA) is 0 Å². The van der Waals surface area contributed by atoms with Crippen LogP contribution in [0.25, 0.3) is 0 Å². The first kappa shape index (κ1) is 6.23. The fourth-order valence-electron chi connectivity index (χ4n) is 4.27. The molecule has 3 fully saturated rings. The Balaban J connectivity index is 1.84. The zero-order valence-corrected chi connectivity index (χ0v) is 7.55. The summed E-state index contributed by atoms with van der Waals surface area (Å²) in [6.45, 7) is 0. The van der Waals surface area contributed by atoms with Crippen molar-refractivity contribution in [2.45, 2.75) is 38.5 Å². The Labute approximate surface area is 74.0 Å². The van der Waals surface area contributed by atoms with Crippen molar-refractivity contribution < 1.29 is 0 Å². The number of hydrogen-bond acceptors (Lipinski definition) is 0. The molecule has 4 aliphatic rings. The van der Waals surface area contributed by atoms with Crippen molar-refractivity contribution in [3.05, 3.63) is 11.1 Å². The summed E-state index contributed by atoms with van der Waals surface area (Å²) >= 11 is 0. The quantitative estimate of drug-likeness (QED) is 0.477. The van der Waals surface area contributed by atoms with E-state index < -0.39 is 0 Å². The van der Waals surface area contributed by atoms with Gasteiger partial charge in [0.25, 0.3) is 0 Å². The van der Waals surface area contributed by atoms with Crippen LogP contribution in [0, 0.1) is 23.7 Å². The lowest BCUT2D eigenvalue weighted by Crippen LogP contribution is -2.18. The van der Waals surface area contributed by atoms with Gasteiger partial charge in [-0.3, -0.25) is 0 Å². The molecule has 64 valence electrons. The Morgan fingerprint density at radius 3 is 2.92 bits per heavy atom. The first-order valence-electron chi connectivity index (χ1n) is 5.65. The van der Waals surface area contributed by atoms with Gasteiger partial charge in [0.1, 0.15) is 0 Å². The van der Waals surface area contributed by atoms with Crippen LogP contribution >= 0.6 is 0 Å². The SMILES string of the molecule is C1CC2CC1=C1C2CCC2CC12. The maximum atomic E-state index is 2.00. The van der Waals surface area contributed by atoms with Crippen LogP contribution in [0.15, 0.2) is 11.1 Å². The Kier molecular flexibility index (Phi) is 0.939. The molecular weight excluding hydrogens is 144 g/mol. The van der Waals surface area contributed by atoms with Crippen molar-refractivity contribution >= 4 is 0 Å². The molecule has 0 aromatic carbocycles. The average Bonchev–Trinajstić information content (AvgIpc) is 2.62. The van der Waals surface area contributed by atoms with E-state index in [4.69, 9.17) is 0 Å². The van der Waals surface area contributed by atoms with Gasteiger partial charge in [-0.25, -0.2) is 0 Å². The zero-order valence-electron chi connectivity index (χ0n) is 7.55. The minimum atomic E-state index is 1.09. The van der Waals surface area contributed by atoms with Crippen LogP contribution in [0.2, 0.25) is 0 Å². The number of hydrogen-bond donors (Lipinski definition) is 0. The Morgan fingerprint density at radius 1 is 0.917 bits per heavy atom. The minimum Gasteiger partial charge on any atom is -0.0701 e. The summed E-state index contributed by atoms with van der Waals surface area (Å²) in [4.78, 5) is 0. The zero-order chi connectivity index (χ0) is 7.71. The highest BCUT2D eigenvalue weighted by Gasteiger charge is 2.52. The van der Waals surface area contributed by atoms with E-state index in [1.54, 1.807) is 25.7 Å². The summed E-state index contributed by atoms with van der Waals surface area (Å²) in [7, 11) is 0. The molecule has 0 aromatic heterocycles. The van der Waals surface area contributed by atoms with Gasteiger partial charge >= 0.3 is 0 Å². The molecule has 12 heavy (non-hydrogen) atoms. The molecule has 4 rings (SSSR count). The second kappa shape index (κ2) is 1.81. The number of fused-ring (bicyclic) bond motifs is 6. The van der Waals surface area contributed by atoms with Gasteiger partial charge in [0.2, 0.25) is 0 Å². The molecule has 0 radical (unpaired) electrons. The van der Waals surface area contributed by atoms with E-state index in [-0.39, 0.29) is 0 Å². The second-order valence-corrected chi connectivity index (χ2v) is 5.35. The molecule has 0 heteroatoms. The molecule has 0 N–H and O–H groups in total. The van der Waals surface area contributed by atoms with Gasteiger partial charge in [-0.2, -0.15) is 0 Å². The smallest absolute Gasteiger partial charge is 0.0166 e. The Morgan fingerprint density at radius 2 is 1.92 bits per heavy atom. The fraction of sp³-hybridized carbons (Fsp3) is 0.833. The first-order valence-corrected chi connectivity index (χ1v) is 5.65. The molecule has 0 aromatic rings. The van der Waals surface area contributed by atoms with Crippen molar-refractivity contribution in [3.8, 4) is 0 Å². The maximum absolute atomic E-state index is 2.00. The third-order valence-electron chi connectivity index (χ3n) is 4.87. The van der Waals surface area contributed by atoms with Crippen molar-refractivity contribution in [2.24, 2.45) is 23.7 Å². The van der Waals surface area contributed by atoms with Crippen LogP contribution in [0.5, 0.6) is 0 Å². The van der Waals surface area contributed by atoms with Crippen molar-refractivity contribution in [1.29, 1.82) is 0 Å². The Hall–Kier alpha value is -0.260. The van der Waals surface area contributed by atoms with E-state index in [0.717, 1.165) is 23.7 Å². The van der Waals surface area contributed by atoms with E-state index >= 15 is 0 Å². The van der Waals surface area contributed by atoms with Gasteiger partial charge in [-0.15, -0.1) is 0 Å². The number of rotatable bonds is 0. The minimum absolute atomic E-state index is 1.09. The lowest BCUT2D eigenvalue weighted by atomic mass is 9.77. The molecule has 0 heterocycles. The third kappa shape index (κ3) is 0.582. The van der Waals surface area contributed by atoms with E-state index in [9.17, 15) is 0 Å². The molecule has 4 aliphatic carbocycles. The summed E-state index contributed by atoms with van der Waals surface area (Å²) in [5, 5.41) is 0. The molecule has 0 nitrogen and oxygen atoms in total. The van der Waals surface area contributed by atoms with Crippen molar-refractivity contribution in [3.63, 3.8) is 0 Å². The van der Waals surface area contributed by atoms with E-state index in [1.165, 1.54) is 12.8 Å². The van der Waals surface area contributed by atoms with Crippen LogP contribution in [0.4, 0.5) is 0 Å². The molecule has 4 unspecified atom stereocenters. The maximum Gasteiger partial charge on any atom is -0.0166 e. The normalized spacial score (nSPS) is 54.0. The Bertz CT molecular complexity index is 274. The predicted octanol–water partition coefficient (Wildman–Crippen LogP) is 3.14. The van der Waals surface area contributed by atoms with Crippen LogP contribution in [0.3, 0.4) is 0 Å². The predicted molar refractivity (Wildman–Crippen MR) is 48.7 cm³/mol. The van der Waals surface area contributed by atoms with E-state index in [1.807, 2.05) is 11.1 Å². The van der Waals surface area contributed by atoms with Gasteiger partial charge in [0, 0.05) is 0 Å². The first-order chi connectivity index (χ1) is 5.93. The van der Waals surface area contributed by atoms with Crippen LogP contribution < -0.4 is 0 Å². The summed E-state index contributed by atoms with van der Waals surface area (Å²) in [5.41, 5.74) is 3.93. The van der Waals surface area contributed by atoms with Crippen LogP contribution in [-0.4, -0.2) is 0 Å². The lowest BCUT2D eigenvalue weighted by Gasteiger charge is -2.28. The molecular formula is C12H16. The summed E-state index contributed by atoms with van der Waals surface area (Å²) in [6, 6.07) is 0. The largest absolute Gasteiger partial charge is 0.0701 e. The van der Waals surface area contributed by atoms with E-state index in [0.29, 0.717) is 0 Å². The molecule has 4 atom stereocenters. The fourth-order valence-corrected chi connectivity index (χ4v) is 4.27. The van der Waals surface area contributed by atoms with Gasteiger partial charge in [0.15, 0.2) is 0 Å². The van der Waals surface area contributed by atoms with Gasteiger partial charge in [-0.1, -0.05) is 11.1 Å².